The molecule has 0 aliphatic heterocycles. The van der Waals surface area contributed by atoms with Gasteiger partial charge in [0.15, 0.2) is 0 Å². The number of nitrogens with one attached hydrogen (secondary N) is 1. The largest absolute Gasteiger partial charge is 0.461 e. The minimum atomic E-state index is -0.599. The summed E-state index contributed by atoms with van der Waals surface area (Å²) in [6.07, 6.45) is 1.34. The summed E-state index contributed by atoms with van der Waals surface area (Å²) >= 11 is 0. The third-order valence-electron chi connectivity index (χ3n) is 5.50. The number of carbonyl (C=O) groups is 2. The van der Waals surface area contributed by atoms with Gasteiger partial charge in [0.05, 0.1) is 11.8 Å². The van der Waals surface area contributed by atoms with Crippen LogP contribution >= 0.6 is 0 Å². The van der Waals surface area contributed by atoms with E-state index in [9.17, 15) is 9.59 Å². The first-order valence-electron chi connectivity index (χ1n) is 8.88. The lowest BCUT2D eigenvalue weighted by molar-refractivity contribution is -0.170. The molecule has 0 amide bonds. The van der Waals surface area contributed by atoms with E-state index in [1.807, 2.05) is 41.7 Å². The Kier molecular flexibility index (Phi) is 8.43. The SMILES string of the molecule is CCC(COC(=O)C(C)(C)C(C)(C)CC)OC(=O)CC(C)(C)NC. The number of hydrogen-bond donors (Lipinski definition) is 1. The van der Waals surface area contributed by atoms with Crippen molar-refractivity contribution in [3.8, 4) is 0 Å². The van der Waals surface area contributed by atoms with Gasteiger partial charge in [0.2, 0.25) is 0 Å². The van der Waals surface area contributed by atoms with Crippen LogP contribution in [0.3, 0.4) is 0 Å². The van der Waals surface area contributed by atoms with Gasteiger partial charge in [-0.05, 0) is 53.0 Å². The summed E-state index contributed by atoms with van der Waals surface area (Å²) in [7, 11) is 1.81. The molecule has 142 valence electrons. The second-order valence-corrected chi connectivity index (χ2v) is 8.29. The first kappa shape index (κ1) is 22.9. The third kappa shape index (κ3) is 6.42. The van der Waals surface area contributed by atoms with Crippen molar-refractivity contribution in [2.75, 3.05) is 13.7 Å². The fraction of sp³-hybridized carbons (Fsp3) is 0.895. The minimum Gasteiger partial charge on any atom is -0.461 e. The lowest BCUT2D eigenvalue weighted by atomic mass is 9.66. The van der Waals surface area contributed by atoms with Crippen LogP contribution in [0.1, 0.15) is 74.7 Å². The zero-order valence-electron chi connectivity index (χ0n) is 17.0. The van der Waals surface area contributed by atoms with Crippen LogP contribution in [0, 0.1) is 10.8 Å². The van der Waals surface area contributed by atoms with E-state index in [2.05, 4.69) is 26.1 Å². The Morgan fingerprint density at radius 2 is 1.58 bits per heavy atom. The van der Waals surface area contributed by atoms with E-state index in [4.69, 9.17) is 9.47 Å². The molecule has 0 saturated carbocycles. The quantitative estimate of drug-likeness (QED) is 0.613. The van der Waals surface area contributed by atoms with Gasteiger partial charge in [0.25, 0.3) is 0 Å². The maximum atomic E-state index is 12.5. The van der Waals surface area contributed by atoms with Crippen LogP contribution in [0.15, 0.2) is 0 Å². The summed E-state index contributed by atoms with van der Waals surface area (Å²) in [6.45, 7) is 15.9. The molecule has 0 saturated heterocycles. The molecule has 24 heavy (non-hydrogen) atoms. The van der Waals surface area contributed by atoms with Crippen molar-refractivity contribution < 1.29 is 19.1 Å². The molecule has 0 aliphatic carbocycles. The van der Waals surface area contributed by atoms with Crippen molar-refractivity contribution in [1.29, 1.82) is 0 Å². The molecule has 1 N–H and O–H groups in total. The second-order valence-electron chi connectivity index (χ2n) is 8.29. The molecular formula is C19H37NO4. The van der Waals surface area contributed by atoms with Crippen molar-refractivity contribution in [1.82, 2.24) is 5.32 Å². The van der Waals surface area contributed by atoms with Crippen LogP contribution in [0.2, 0.25) is 0 Å². The normalized spacial score (nSPS) is 14.2. The summed E-state index contributed by atoms with van der Waals surface area (Å²) in [4.78, 5) is 24.5. The van der Waals surface area contributed by atoms with E-state index >= 15 is 0 Å². The molecule has 5 heteroatoms. The van der Waals surface area contributed by atoms with Crippen molar-refractivity contribution >= 4 is 11.9 Å². The number of hydrogen-bond acceptors (Lipinski definition) is 5. The standard InChI is InChI=1S/C19H37NO4/c1-10-14(24-15(21)12-18(5,6)20-9)13-23-16(22)19(7,8)17(3,4)11-2/h14,20H,10-13H2,1-9H3. The zero-order valence-corrected chi connectivity index (χ0v) is 17.0. The fourth-order valence-electron chi connectivity index (χ4n) is 1.98. The summed E-state index contributed by atoms with van der Waals surface area (Å²) in [6, 6.07) is 0. The van der Waals surface area contributed by atoms with Gasteiger partial charge in [-0.3, -0.25) is 9.59 Å². The van der Waals surface area contributed by atoms with Crippen LogP contribution in [0.5, 0.6) is 0 Å². The number of ether oxygens (including phenoxy) is 2. The van der Waals surface area contributed by atoms with E-state index in [-0.39, 0.29) is 35.9 Å². The molecule has 0 radical (unpaired) electrons. The number of esters is 2. The Bertz CT molecular complexity index is 427. The van der Waals surface area contributed by atoms with Crippen molar-refractivity contribution in [3.63, 3.8) is 0 Å². The van der Waals surface area contributed by atoms with Crippen LogP contribution in [0.4, 0.5) is 0 Å². The van der Waals surface area contributed by atoms with Gasteiger partial charge < -0.3 is 14.8 Å². The predicted molar refractivity (Wildman–Crippen MR) is 96.7 cm³/mol. The average Bonchev–Trinajstić information content (AvgIpc) is 2.49. The van der Waals surface area contributed by atoms with Gasteiger partial charge >= 0.3 is 11.9 Å². The molecule has 0 heterocycles. The first-order valence-corrected chi connectivity index (χ1v) is 8.88. The van der Waals surface area contributed by atoms with Gasteiger partial charge in [-0.15, -0.1) is 0 Å². The van der Waals surface area contributed by atoms with Crippen LogP contribution in [-0.2, 0) is 19.1 Å². The van der Waals surface area contributed by atoms with E-state index < -0.39 is 11.5 Å². The maximum Gasteiger partial charge on any atom is 0.312 e. The van der Waals surface area contributed by atoms with E-state index in [0.717, 1.165) is 6.42 Å². The Labute approximate surface area is 147 Å². The van der Waals surface area contributed by atoms with Crippen molar-refractivity contribution in [3.05, 3.63) is 0 Å². The van der Waals surface area contributed by atoms with Gasteiger partial charge in [-0.2, -0.15) is 0 Å². The average molecular weight is 344 g/mol. The first-order chi connectivity index (χ1) is 10.8. The highest BCUT2D eigenvalue weighted by Crippen LogP contribution is 2.42. The topological polar surface area (TPSA) is 64.6 Å². The highest BCUT2D eigenvalue weighted by Gasteiger charge is 2.43. The van der Waals surface area contributed by atoms with E-state index in [0.29, 0.717) is 6.42 Å². The molecule has 1 unspecified atom stereocenters. The maximum absolute atomic E-state index is 12.5. The van der Waals surface area contributed by atoms with Crippen LogP contribution in [-0.4, -0.2) is 37.2 Å². The van der Waals surface area contributed by atoms with Crippen LogP contribution in [0.25, 0.3) is 0 Å². The Morgan fingerprint density at radius 3 is 2.00 bits per heavy atom. The Balaban J connectivity index is 4.65. The van der Waals surface area contributed by atoms with Crippen LogP contribution < -0.4 is 5.32 Å². The molecular weight excluding hydrogens is 306 g/mol. The zero-order chi connectivity index (χ0) is 19.2. The third-order valence-corrected chi connectivity index (χ3v) is 5.50. The highest BCUT2D eigenvalue weighted by atomic mass is 16.6. The van der Waals surface area contributed by atoms with Gasteiger partial charge in [0, 0.05) is 5.54 Å². The van der Waals surface area contributed by atoms with Crippen molar-refractivity contribution in [2.45, 2.75) is 86.3 Å². The van der Waals surface area contributed by atoms with E-state index in [1.165, 1.54) is 0 Å². The summed E-state index contributed by atoms with van der Waals surface area (Å²) in [5.41, 5.74) is -1.09. The molecule has 1 atom stereocenters. The van der Waals surface area contributed by atoms with Crippen molar-refractivity contribution in [2.24, 2.45) is 10.8 Å². The van der Waals surface area contributed by atoms with Gasteiger partial charge in [0.1, 0.15) is 12.7 Å². The molecule has 0 aromatic carbocycles. The van der Waals surface area contributed by atoms with Gasteiger partial charge in [-0.25, -0.2) is 0 Å². The highest BCUT2D eigenvalue weighted by molar-refractivity contribution is 5.77. The van der Waals surface area contributed by atoms with E-state index in [1.54, 1.807) is 0 Å². The smallest absolute Gasteiger partial charge is 0.312 e. The molecule has 0 fully saturated rings. The molecule has 0 rings (SSSR count). The number of carbonyl (C=O) groups excluding carboxylic acids is 2. The molecule has 0 bridgehead atoms. The lowest BCUT2D eigenvalue weighted by Gasteiger charge is -2.39. The summed E-state index contributed by atoms with van der Waals surface area (Å²) < 4.78 is 10.9. The lowest BCUT2D eigenvalue weighted by Crippen LogP contribution is -2.42. The Hall–Kier alpha value is -1.10. The molecule has 0 aliphatic rings. The predicted octanol–water partition coefficient (Wildman–Crippen LogP) is 3.70. The molecule has 5 nitrogen and oxygen atoms in total. The Morgan fingerprint density at radius 1 is 1.04 bits per heavy atom. The molecule has 0 aromatic heterocycles. The summed E-state index contributed by atoms with van der Waals surface area (Å²) in [5.74, 6) is -0.537. The van der Waals surface area contributed by atoms with Gasteiger partial charge in [-0.1, -0.05) is 27.7 Å². The summed E-state index contributed by atoms with van der Waals surface area (Å²) in [5, 5.41) is 3.07. The molecule has 0 aromatic rings. The monoisotopic (exact) mass is 343 g/mol. The minimum absolute atomic E-state index is 0.101. The molecule has 0 spiro atoms. The fourth-order valence-corrected chi connectivity index (χ4v) is 1.98. The number of rotatable bonds is 10. The second kappa shape index (κ2) is 8.84.